The van der Waals surface area contributed by atoms with Gasteiger partial charge in [0.25, 0.3) is 5.91 Å². The van der Waals surface area contributed by atoms with Crippen LogP contribution in [0.4, 0.5) is 5.69 Å². The Hall–Kier alpha value is -4.72. The summed E-state index contributed by atoms with van der Waals surface area (Å²) in [6.45, 7) is -0.110. The maximum absolute atomic E-state index is 14.3. The molecule has 0 aliphatic heterocycles. The second kappa shape index (κ2) is 12.7. The molecule has 0 saturated heterocycles. The third kappa shape index (κ3) is 5.51. The lowest BCUT2D eigenvalue weighted by atomic mass is 9.58. The van der Waals surface area contributed by atoms with Crippen molar-refractivity contribution in [3.63, 3.8) is 0 Å². The number of likely N-dealkylation sites (N-methyl/N-ethyl adjacent to an activating group) is 2. The highest BCUT2D eigenvalue weighted by atomic mass is 16.3. The summed E-state index contributed by atoms with van der Waals surface area (Å²) in [7, 11) is 10.3. The van der Waals surface area contributed by atoms with Gasteiger partial charge in [0, 0.05) is 43.4 Å². The second-order valence-corrected chi connectivity index (χ2v) is 13.5. The van der Waals surface area contributed by atoms with Crippen LogP contribution in [0, 0.1) is 11.8 Å². The minimum Gasteiger partial charge on any atom is -0.510 e. The fourth-order valence-corrected chi connectivity index (χ4v) is 7.53. The Labute approximate surface area is 278 Å². The third-order valence-electron chi connectivity index (χ3n) is 9.91. The van der Waals surface area contributed by atoms with Crippen LogP contribution in [-0.4, -0.2) is 114 Å². The molecule has 2 aromatic carbocycles. The molecule has 0 fully saturated rings. The van der Waals surface area contributed by atoms with Gasteiger partial charge < -0.3 is 36.4 Å². The molecule has 256 valence electrons. The molecule has 0 bridgehead atoms. The van der Waals surface area contributed by atoms with Crippen molar-refractivity contribution in [3.8, 4) is 5.75 Å². The van der Waals surface area contributed by atoms with Crippen molar-refractivity contribution in [2.75, 3.05) is 47.2 Å². The molecule has 2 aromatic rings. The highest BCUT2D eigenvalue weighted by molar-refractivity contribution is 6.25. The van der Waals surface area contributed by atoms with Gasteiger partial charge in [0.15, 0.2) is 11.4 Å². The number of nitrogens with one attached hydrogen (secondary N) is 1. The Bertz CT molecular complexity index is 1750. The Balaban J connectivity index is 1.55. The smallest absolute Gasteiger partial charge is 0.255 e. The molecule has 0 saturated carbocycles. The number of fused-ring (bicyclic) bond motifs is 3. The van der Waals surface area contributed by atoms with E-state index in [1.807, 2.05) is 30.3 Å². The SMILES string of the molecule is CN(C)c1cc(CNC(=O)C(Cc2ccccc2)N(C)C)c(O)c2c1CC1CC3C(N(C)C)C(O)=C(C(N)=O)C(=O)C3(O)C(O)=C1C2=O. The number of carbonyl (C=O) groups excluding carboxylic acids is 4. The van der Waals surface area contributed by atoms with Crippen molar-refractivity contribution in [1.29, 1.82) is 0 Å². The van der Waals surface area contributed by atoms with E-state index in [4.69, 9.17) is 5.73 Å². The number of benzene rings is 2. The molecule has 0 radical (unpaired) electrons. The fourth-order valence-electron chi connectivity index (χ4n) is 7.53. The van der Waals surface area contributed by atoms with Gasteiger partial charge in [0.05, 0.1) is 17.6 Å². The number of nitrogens with two attached hydrogens (primary N) is 1. The van der Waals surface area contributed by atoms with E-state index >= 15 is 0 Å². The average Bonchev–Trinajstić information content (AvgIpc) is 3.01. The molecule has 2 amide bonds. The van der Waals surface area contributed by atoms with E-state index in [1.165, 1.54) is 4.90 Å². The molecular weight excluding hydrogens is 618 g/mol. The number of nitrogens with zero attached hydrogens (tertiary/aromatic N) is 3. The summed E-state index contributed by atoms with van der Waals surface area (Å²) < 4.78 is 0. The number of allylic oxidation sites excluding steroid dienone is 1. The van der Waals surface area contributed by atoms with Gasteiger partial charge in [-0.1, -0.05) is 30.3 Å². The molecule has 13 heteroatoms. The van der Waals surface area contributed by atoms with Gasteiger partial charge >= 0.3 is 0 Å². The van der Waals surface area contributed by atoms with E-state index in [2.05, 4.69) is 5.32 Å². The first kappa shape index (κ1) is 34.6. The van der Waals surface area contributed by atoms with Crippen molar-refractivity contribution in [2.24, 2.45) is 17.6 Å². The van der Waals surface area contributed by atoms with Crippen molar-refractivity contribution in [3.05, 3.63) is 81.3 Å². The number of aliphatic hydroxyl groups excluding tert-OH is 2. The molecule has 5 unspecified atom stereocenters. The minimum absolute atomic E-state index is 0.00939. The van der Waals surface area contributed by atoms with E-state index in [9.17, 15) is 39.6 Å². The zero-order valence-corrected chi connectivity index (χ0v) is 27.9. The topological polar surface area (TPSA) is 197 Å². The zero-order chi connectivity index (χ0) is 35.4. The maximum atomic E-state index is 14.3. The highest BCUT2D eigenvalue weighted by Crippen LogP contribution is 2.53. The number of amides is 2. The first-order valence-electron chi connectivity index (χ1n) is 15.7. The van der Waals surface area contributed by atoms with E-state index < -0.39 is 69.8 Å². The van der Waals surface area contributed by atoms with E-state index in [0.717, 1.165) is 5.56 Å². The number of ketones is 2. The molecule has 13 nitrogen and oxygen atoms in total. The van der Waals surface area contributed by atoms with Crippen LogP contribution < -0.4 is 16.0 Å². The summed E-state index contributed by atoms with van der Waals surface area (Å²) in [5.74, 6) is -7.40. The zero-order valence-electron chi connectivity index (χ0n) is 27.9. The second-order valence-electron chi connectivity index (χ2n) is 13.5. The van der Waals surface area contributed by atoms with Gasteiger partial charge in [-0.3, -0.25) is 29.0 Å². The number of phenols is 1. The number of aromatic hydroxyl groups is 1. The van der Waals surface area contributed by atoms with Crippen molar-refractivity contribution in [2.45, 2.75) is 43.5 Å². The number of hydrogen-bond donors (Lipinski definition) is 6. The molecular formula is C35H43N5O8. The standard InChI is InChI=1S/C35H43N5O8/c1-38(2)22-15-19(16-37-34(47)23(39(3)4)12-17-10-8-7-9-11-17)28(41)25-20(22)13-18-14-21-27(40(5)6)30(43)26(33(36)46)32(45)35(21,48)31(44)24(18)29(25)42/h7-11,15,18,21,23,27,41,43-44,48H,12-14,16H2,1-6H3,(H2,36,46)(H,37,47). The number of rotatable bonds is 9. The number of anilines is 1. The average molecular weight is 662 g/mol. The van der Waals surface area contributed by atoms with E-state index in [0.29, 0.717) is 17.7 Å². The van der Waals surface area contributed by atoms with Gasteiger partial charge in [0.1, 0.15) is 22.8 Å². The first-order valence-corrected chi connectivity index (χ1v) is 15.7. The van der Waals surface area contributed by atoms with Crippen LogP contribution in [0.15, 0.2) is 59.1 Å². The van der Waals surface area contributed by atoms with Crippen LogP contribution in [-0.2, 0) is 33.8 Å². The first-order chi connectivity index (χ1) is 22.5. The van der Waals surface area contributed by atoms with Crippen LogP contribution in [0.3, 0.4) is 0 Å². The Morgan fingerprint density at radius 2 is 1.69 bits per heavy atom. The predicted octanol–water partition coefficient (Wildman–Crippen LogP) is 0.976. The summed E-state index contributed by atoms with van der Waals surface area (Å²) in [5.41, 5.74) is 3.82. The lowest BCUT2D eigenvalue weighted by molar-refractivity contribution is -0.148. The molecule has 0 spiro atoms. The van der Waals surface area contributed by atoms with Crippen LogP contribution in [0.25, 0.3) is 0 Å². The summed E-state index contributed by atoms with van der Waals surface area (Å²) in [6.07, 6.45) is 0.598. The van der Waals surface area contributed by atoms with Gasteiger partial charge in [-0.15, -0.1) is 0 Å². The quantitative estimate of drug-likeness (QED) is 0.210. The molecule has 7 N–H and O–H groups in total. The van der Waals surface area contributed by atoms with Crippen LogP contribution in [0.1, 0.15) is 33.5 Å². The lowest BCUT2D eigenvalue weighted by Crippen LogP contribution is -2.63. The molecule has 3 aliphatic carbocycles. The number of primary amides is 1. The van der Waals surface area contributed by atoms with E-state index in [1.54, 1.807) is 58.2 Å². The van der Waals surface area contributed by atoms with Crippen molar-refractivity contribution in [1.82, 2.24) is 15.1 Å². The molecule has 0 aromatic heterocycles. The minimum atomic E-state index is -2.73. The highest BCUT2D eigenvalue weighted by Gasteiger charge is 2.63. The summed E-state index contributed by atoms with van der Waals surface area (Å²) in [5, 5.41) is 48.9. The molecule has 48 heavy (non-hydrogen) atoms. The molecule has 5 rings (SSSR count). The Morgan fingerprint density at radius 3 is 2.25 bits per heavy atom. The van der Waals surface area contributed by atoms with Gasteiger partial charge in [-0.2, -0.15) is 0 Å². The van der Waals surface area contributed by atoms with Crippen molar-refractivity contribution < 1.29 is 39.6 Å². The number of aliphatic hydroxyl groups is 3. The van der Waals surface area contributed by atoms with Gasteiger partial charge in [-0.25, -0.2) is 0 Å². The monoisotopic (exact) mass is 661 g/mol. The van der Waals surface area contributed by atoms with Crippen molar-refractivity contribution >= 4 is 29.1 Å². The van der Waals surface area contributed by atoms with E-state index in [-0.39, 0.29) is 42.0 Å². The van der Waals surface area contributed by atoms with Crippen LogP contribution in [0.2, 0.25) is 0 Å². The lowest BCUT2D eigenvalue weighted by Gasteiger charge is -2.50. The van der Waals surface area contributed by atoms with Crippen LogP contribution >= 0.6 is 0 Å². The van der Waals surface area contributed by atoms with Gasteiger partial charge in [0.2, 0.25) is 11.7 Å². The third-order valence-corrected chi connectivity index (χ3v) is 9.91. The predicted molar refractivity (Wildman–Crippen MR) is 177 cm³/mol. The normalized spacial score (nSPS) is 24.3. The molecule has 0 heterocycles. The number of hydrogen-bond acceptors (Lipinski definition) is 11. The number of Topliss-reactive ketones (excluding diaryl/α,β-unsaturated/α-hetero) is 2. The molecule has 5 atom stereocenters. The van der Waals surface area contributed by atoms with Crippen LogP contribution in [0.5, 0.6) is 5.75 Å². The van der Waals surface area contributed by atoms with Gasteiger partial charge in [-0.05, 0) is 70.6 Å². The largest absolute Gasteiger partial charge is 0.510 e. The number of phenolic OH excluding ortho intramolecular Hbond substituents is 1. The fraction of sp³-hybridized carbons (Fsp3) is 0.429. The number of carbonyl (C=O) groups is 4. The maximum Gasteiger partial charge on any atom is 0.255 e. The Morgan fingerprint density at radius 1 is 1.04 bits per heavy atom. The Kier molecular flexibility index (Phi) is 9.17. The summed E-state index contributed by atoms with van der Waals surface area (Å²) in [6, 6.07) is 9.68. The summed E-state index contributed by atoms with van der Waals surface area (Å²) in [4.78, 5) is 58.6. The molecule has 3 aliphatic rings. The summed E-state index contributed by atoms with van der Waals surface area (Å²) >= 11 is 0.